The molecule has 0 saturated heterocycles. The molecule has 0 atom stereocenters. The van der Waals surface area contributed by atoms with Gasteiger partial charge in [-0.1, -0.05) is 259 Å². The topological polar surface area (TPSA) is 150 Å². The van der Waals surface area contributed by atoms with Crippen molar-refractivity contribution in [3.63, 3.8) is 0 Å². The molecule has 548 valence electrons. The molecule has 0 rings (SSSR count). The van der Waals surface area contributed by atoms with E-state index in [0.717, 1.165) is 74.7 Å². The second-order valence-corrected chi connectivity index (χ2v) is 26.0. The minimum Gasteiger partial charge on any atom is -0.394 e. The molecule has 0 aliphatic rings. The van der Waals surface area contributed by atoms with Crippen LogP contribution in [-0.4, -0.2) is 165 Å². The van der Waals surface area contributed by atoms with Crippen molar-refractivity contribution in [1.82, 2.24) is 4.90 Å². The van der Waals surface area contributed by atoms with E-state index in [1.165, 1.54) is 249 Å². The van der Waals surface area contributed by atoms with E-state index in [-0.39, 0.29) is 36.0 Å². The van der Waals surface area contributed by atoms with Gasteiger partial charge in [0.2, 0.25) is 0 Å². The molecular weight excluding hydrogens is 1290 g/mol. The van der Waals surface area contributed by atoms with E-state index in [1.807, 2.05) is 6.08 Å². The van der Waals surface area contributed by atoms with Gasteiger partial charge in [0.15, 0.2) is 15.3 Å². The fourth-order valence-electron chi connectivity index (χ4n) is 8.23. The highest BCUT2D eigenvalue weighted by Crippen LogP contribution is 2.15. The second kappa shape index (κ2) is 111. The zero-order valence-corrected chi connectivity index (χ0v) is 64.3. The van der Waals surface area contributed by atoms with Crippen molar-refractivity contribution in [2.24, 2.45) is 0 Å². The molecule has 0 bridgehead atoms. The summed E-state index contributed by atoms with van der Waals surface area (Å²) < 4.78 is 31.8. The van der Waals surface area contributed by atoms with E-state index in [9.17, 15) is 14.4 Å². The number of halogens is 1. The molecule has 0 saturated carbocycles. The molecule has 0 spiro atoms. The van der Waals surface area contributed by atoms with Gasteiger partial charge in [-0.25, -0.2) is 0 Å². The van der Waals surface area contributed by atoms with E-state index >= 15 is 0 Å². The van der Waals surface area contributed by atoms with Crippen molar-refractivity contribution in [2.75, 3.05) is 135 Å². The van der Waals surface area contributed by atoms with E-state index in [1.54, 1.807) is 32.1 Å². The van der Waals surface area contributed by atoms with Crippen molar-refractivity contribution in [3.05, 3.63) is 50.6 Å². The van der Waals surface area contributed by atoms with Gasteiger partial charge in [-0.2, -0.15) is 12.6 Å². The molecule has 17 heteroatoms. The summed E-state index contributed by atoms with van der Waals surface area (Å²) in [6, 6.07) is 0. The first-order chi connectivity index (χ1) is 43.9. The minimum atomic E-state index is -0.139. The Kier molecular flexibility index (Phi) is 130. The number of hydrogen-bond donors (Lipinski definition) is 4. The maximum atomic E-state index is 10.7. The molecule has 2 N–H and O–H groups in total. The Morgan fingerprint density at radius 3 is 0.857 bits per heavy atom. The van der Waals surface area contributed by atoms with Crippen LogP contribution in [0.15, 0.2) is 50.6 Å². The first kappa shape index (κ1) is 106. The number of thioether (sulfide) groups is 2. The van der Waals surface area contributed by atoms with Gasteiger partial charge < -0.3 is 43.5 Å². The van der Waals surface area contributed by atoms with E-state index in [2.05, 4.69) is 93.2 Å². The Hall–Kier alpha value is -0.510. The highest BCUT2D eigenvalue weighted by atomic mass is 79.9. The standard InChI is InChI=1S/C18H34O3S.C16H32O2S.C15H30O3S.C13H26O2.C6H15N.C3H5Br.C2H4OS.CH4/c1-3-13-20-15-16-21-14-11-9-7-5-4-6-8-10-12-17-22-18(2)19;1-2-12-17-14-15-18-13-10-8-6-4-3-5-7-9-11-16-19;1-15(17)19-14-10-8-6-4-2-3-5-7-9-12-18-13-11-16;1-2-3-4-5-6-7-8-9-10-12-15-13-11-14;1-4-7(5-2)6-3;1-2-3-4;1-2(3)4;/h3H,1,4-17H2,2H3;2,19H,1,3-16H2;16H,2-14H2,1H3;2,14H,1,3-13H2;4-6H2,1-3H3;2H,1,3H2;1H3,(H,3,4);1H4. The Labute approximate surface area is 593 Å². The van der Waals surface area contributed by atoms with E-state index < -0.39 is 0 Å². The molecule has 0 aliphatic carbocycles. The molecule has 0 unspecified atom stereocenters. The van der Waals surface area contributed by atoms with Gasteiger partial charge in [0, 0.05) is 64.0 Å². The Balaban J connectivity index is -0.000000156. The number of aliphatic hydroxyl groups is 2. The number of hydrogen-bond acceptors (Lipinski definition) is 15. The summed E-state index contributed by atoms with van der Waals surface area (Å²) in [6.07, 6.45) is 52.4. The summed E-state index contributed by atoms with van der Waals surface area (Å²) in [5.74, 6) is 3.02. The molecular formula is C74H150BrNO11S4. The predicted molar refractivity (Wildman–Crippen MR) is 415 cm³/mol. The summed E-state index contributed by atoms with van der Waals surface area (Å²) in [5, 5.41) is 18.2. The fourth-order valence-corrected chi connectivity index (χ4v) is 9.72. The SMILES string of the molecule is C.C=CCBr.C=CCCCCCCCCCOCCO.C=CCOCCOCCCCCCCCCCCS.C=CCOCCOCCCCCCCCCCCSC(C)=O.CC(=O)S.CC(=O)SCCCCCCCCCCCOCCO.CCN(CC)CC. The Bertz CT molecular complexity index is 1330. The summed E-state index contributed by atoms with van der Waals surface area (Å²) in [6.45, 7) is 37.7. The van der Waals surface area contributed by atoms with Crippen LogP contribution in [0.5, 0.6) is 0 Å². The van der Waals surface area contributed by atoms with Gasteiger partial charge in [0.05, 0.1) is 66.1 Å². The molecule has 0 heterocycles. The predicted octanol–water partition coefficient (Wildman–Crippen LogP) is 20.7. The number of carbonyl (C=O) groups is 3. The number of unbranched alkanes of at least 4 members (excludes halogenated alkanes) is 31. The van der Waals surface area contributed by atoms with Gasteiger partial charge in [-0.15, -0.1) is 38.9 Å². The molecule has 91 heavy (non-hydrogen) atoms. The van der Waals surface area contributed by atoms with Crippen LogP contribution in [0.2, 0.25) is 0 Å². The molecule has 0 aromatic carbocycles. The lowest BCUT2D eigenvalue weighted by atomic mass is 10.1. The largest absolute Gasteiger partial charge is 0.394 e. The summed E-state index contributed by atoms with van der Waals surface area (Å²) in [7, 11) is 0. The number of thiol groups is 2. The quantitative estimate of drug-likeness (QED) is 0.0198. The van der Waals surface area contributed by atoms with Gasteiger partial charge in [-0.3, -0.25) is 14.4 Å². The van der Waals surface area contributed by atoms with Crippen LogP contribution >= 0.6 is 64.7 Å². The van der Waals surface area contributed by atoms with Crippen LogP contribution in [0.1, 0.15) is 274 Å². The summed E-state index contributed by atoms with van der Waals surface area (Å²) >= 11 is 13.6. The highest BCUT2D eigenvalue weighted by molar-refractivity contribution is 9.09. The summed E-state index contributed by atoms with van der Waals surface area (Å²) in [4.78, 5) is 33.1. The first-order valence-corrected chi connectivity index (χ1v) is 39.5. The van der Waals surface area contributed by atoms with Gasteiger partial charge in [0.1, 0.15) is 0 Å². The highest BCUT2D eigenvalue weighted by Gasteiger charge is 2.00. The number of nitrogens with zero attached hydrogens (tertiary/aromatic N) is 1. The number of allylic oxidation sites excluding steroid dienone is 2. The second-order valence-electron chi connectivity index (χ2n) is 21.7. The van der Waals surface area contributed by atoms with Crippen LogP contribution in [0.25, 0.3) is 0 Å². The van der Waals surface area contributed by atoms with Crippen LogP contribution in [0.3, 0.4) is 0 Å². The van der Waals surface area contributed by atoms with Crippen LogP contribution in [0.4, 0.5) is 0 Å². The zero-order chi connectivity index (χ0) is 68.4. The third-order valence-corrected chi connectivity index (χ3v) is 15.8. The molecule has 0 radical (unpaired) electrons. The third kappa shape index (κ3) is 142. The summed E-state index contributed by atoms with van der Waals surface area (Å²) in [5.41, 5.74) is 0. The average Bonchev–Trinajstić information content (AvgIpc) is 3.53. The number of ether oxygens (including phenoxy) is 6. The molecule has 0 fully saturated rings. The molecule has 12 nitrogen and oxygen atoms in total. The fraction of sp³-hybridized carbons (Fsp3) is 0.851. The number of carbonyl (C=O) groups excluding carboxylic acids is 3. The van der Waals surface area contributed by atoms with E-state index in [4.69, 9.17) is 38.6 Å². The van der Waals surface area contributed by atoms with Gasteiger partial charge in [-0.05, 0) is 83.2 Å². The lowest BCUT2D eigenvalue weighted by Gasteiger charge is -2.13. The number of aliphatic hydroxyl groups excluding tert-OH is 2. The van der Waals surface area contributed by atoms with Gasteiger partial charge in [0.25, 0.3) is 0 Å². The monoisotopic (exact) mass is 1440 g/mol. The van der Waals surface area contributed by atoms with Crippen molar-refractivity contribution in [2.45, 2.75) is 274 Å². The maximum Gasteiger partial charge on any atom is 0.185 e. The van der Waals surface area contributed by atoms with Crippen LogP contribution in [-0.2, 0) is 42.8 Å². The van der Waals surface area contributed by atoms with Crippen LogP contribution < -0.4 is 0 Å². The average molecular weight is 1440 g/mol. The van der Waals surface area contributed by atoms with Crippen molar-refractivity contribution in [3.8, 4) is 0 Å². The number of alkyl halides is 1. The Morgan fingerprint density at radius 2 is 0.637 bits per heavy atom. The first-order valence-electron chi connectivity index (χ1n) is 35.3. The third-order valence-electron chi connectivity index (χ3n) is 13.3. The molecule has 0 aromatic heterocycles. The van der Waals surface area contributed by atoms with E-state index in [0.29, 0.717) is 52.9 Å². The zero-order valence-electron chi connectivity index (χ0n) is 59.3. The lowest BCUT2D eigenvalue weighted by Crippen LogP contribution is -2.21. The van der Waals surface area contributed by atoms with Crippen molar-refractivity contribution in [1.29, 1.82) is 0 Å². The molecule has 0 aliphatic heterocycles. The molecule has 0 aromatic rings. The normalized spacial score (nSPS) is 10.2. The Morgan fingerprint density at radius 1 is 0.396 bits per heavy atom. The van der Waals surface area contributed by atoms with Crippen LogP contribution in [0, 0.1) is 0 Å². The smallest absolute Gasteiger partial charge is 0.185 e. The minimum absolute atomic E-state index is 0. The van der Waals surface area contributed by atoms with Crippen molar-refractivity contribution < 1.29 is 53.0 Å². The van der Waals surface area contributed by atoms with Crippen molar-refractivity contribution >= 4 is 80.1 Å². The molecule has 0 amide bonds. The number of rotatable bonds is 63. The lowest BCUT2D eigenvalue weighted by molar-refractivity contribution is -0.109. The maximum absolute atomic E-state index is 10.7. The van der Waals surface area contributed by atoms with Gasteiger partial charge >= 0.3 is 0 Å².